The molecule has 0 bridgehead atoms. The highest BCUT2D eigenvalue weighted by Gasteiger charge is 2.59. The topological polar surface area (TPSA) is 156 Å². The van der Waals surface area contributed by atoms with Crippen LogP contribution in [0.1, 0.15) is 12.8 Å². The molecule has 11 nitrogen and oxygen atoms in total. The fourth-order valence-corrected chi connectivity index (χ4v) is 3.97. The molecule has 2 aliphatic heterocycles. The minimum absolute atomic E-state index is 0.236. The summed E-state index contributed by atoms with van der Waals surface area (Å²) in [5, 5.41) is 12.2. The van der Waals surface area contributed by atoms with Crippen molar-refractivity contribution in [2.24, 2.45) is 0 Å². The van der Waals surface area contributed by atoms with E-state index in [1.54, 1.807) is 0 Å². The number of nitrogens with zero attached hydrogens (tertiary/aromatic N) is 1. The van der Waals surface area contributed by atoms with Gasteiger partial charge >= 0.3 is 17.7 Å². The van der Waals surface area contributed by atoms with Crippen molar-refractivity contribution in [1.82, 2.24) is 10.4 Å². The number of sulfone groups is 1. The van der Waals surface area contributed by atoms with E-state index in [-0.39, 0.29) is 12.8 Å². The Bertz CT molecular complexity index is 793. The van der Waals surface area contributed by atoms with Crippen LogP contribution in [0.2, 0.25) is 0 Å². The number of carboxylic acid groups (broad SMARTS) is 1. The zero-order valence-electron chi connectivity index (χ0n) is 12.8. The minimum atomic E-state index is -4.07. The van der Waals surface area contributed by atoms with Crippen molar-refractivity contribution < 1.29 is 42.3 Å². The fraction of sp³-hybridized carbons (Fsp3) is 0.500. The second-order valence-corrected chi connectivity index (χ2v) is 8.18. The minimum Gasteiger partial charge on any atom is -0.477 e. The van der Waals surface area contributed by atoms with Crippen LogP contribution in [0, 0.1) is 0 Å². The average molecular weight is 431 g/mol. The number of amides is 2. The molecule has 0 aromatic rings. The van der Waals surface area contributed by atoms with Gasteiger partial charge in [-0.25, -0.2) is 13.2 Å². The van der Waals surface area contributed by atoms with Crippen LogP contribution in [0.15, 0.2) is 9.90 Å². The molecule has 0 aromatic carbocycles. The number of aliphatic carboxylic acids is 1. The molecule has 144 valence electrons. The van der Waals surface area contributed by atoms with Crippen molar-refractivity contribution in [2.45, 2.75) is 24.6 Å². The average Bonchev–Trinajstić information content (AvgIpc) is 3.02. The first-order chi connectivity index (χ1) is 12.0. The van der Waals surface area contributed by atoms with Crippen LogP contribution in [0.4, 0.5) is 0 Å². The van der Waals surface area contributed by atoms with E-state index >= 15 is 0 Å². The quantitative estimate of drug-likeness (QED) is 0.507. The third-order valence-electron chi connectivity index (χ3n) is 3.42. The summed E-state index contributed by atoms with van der Waals surface area (Å²) in [6.07, 6.45) is -0.568. The summed E-state index contributed by atoms with van der Waals surface area (Å²) in [6, 6.07) is -1.36. The number of carboxylic acids is 1. The molecule has 0 spiro atoms. The SMILES string of the molecule is O=C(CS(=O)(=O)C=C(Cl)Cl)N[C@H]1CON(C2(C(=O)O)CCC(=O)O2)C1=O. The predicted octanol–water partition coefficient (Wildman–Crippen LogP) is -0.946. The van der Waals surface area contributed by atoms with Crippen molar-refractivity contribution in [1.29, 1.82) is 0 Å². The van der Waals surface area contributed by atoms with Crippen LogP contribution in [-0.2, 0) is 38.6 Å². The number of ether oxygens (including phenoxy) is 1. The van der Waals surface area contributed by atoms with Gasteiger partial charge in [-0.15, -0.1) is 0 Å². The van der Waals surface area contributed by atoms with Gasteiger partial charge in [0.15, 0.2) is 9.84 Å². The number of carbonyl (C=O) groups excluding carboxylic acids is 3. The van der Waals surface area contributed by atoms with Gasteiger partial charge in [0.1, 0.15) is 22.9 Å². The van der Waals surface area contributed by atoms with E-state index in [0.717, 1.165) is 0 Å². The summed E-state index contributed by atoms with van der Waals surface area (Å²) in [5.41, 5.74) is -2.32. The summed E-state index contributed by atoms with van der Waals surface area (Å²) in [4.78, 5) is 51.9. The molecule has 2 fully saturated rings. The Hall–Kier alpha value is -1.89. The molecule has 14 heteroatoms. The van der Waals surface area contributed by atoms with E-state index in [2.05, 4.69) is 5.32 Å². The number of esters is 1. The Morgan fingerprint density at radius 3 is 2.54 bits per heavy atom. The molecule has 2 N–H and O–H groups in total. The molecule has 2 aliphatic rings. The van der Waals surface area contributed by atoms with Crippen LogP contribution in [0.25, 0.3) is 0 Å². The predicted molar refractivity (Wildman–Crippen MR) is 84.0 cm³/mol. The first-order valence-corrected chi connectivity index (χ1v) is 9.41. The smallest absolute Gasteiger partial charge is 0.372 e. The molecule has 26 heavy (non-hydrogen) atoms. The number of cyclic esters (lactones) is 1. The molecule has 2 saturated heterocycles. The van der Waals surface area contributed by atoms with E-state index in [0.29, 0.717) is 10.5 Å². The van der Waals surface area contributed by atoms with Gasteiger partial charge < -0.3 is 15.2 Å². The lowest BCUT2D eigenvalue weighted by atomic mass is 10.1. The number of nitrogens with one attached hydrogen (secondary N) is 1. The molecule has 0 aliphatic carbocycles. The zero-order valence-corrected chi connectivity index (χ0v) is 15.1. The van der Waals surface area contributed by atoms with Gasteiger partial charge in [-0.2, -0.15) is 5.06 Å². The van der Waals surface area contributed by atoms with Gasteiger partial charge in [0.05, 0.1) is 11.8 Å². The third kappa shape index (κ3) is 4.26. The second-order valence-electron chi connectivity index (χ2n) is 5.33. The second kappa shape index (κ2) is 7.39. The maximum absolute atomic E-state index is 12.3. The Labute approximate surface area is 156 Å². The normalized spacial score (nSPS) is 25.8. The Kier molecular flexibility index (Phi) is 5.80. The van der Waals surface area contributed by atoms with Crippen molar-refractivity contribution in [3.8, 4) is 0 Å². The summed E-state index contributed by atoms with van der Waals surface area (Å²) < 4.78 is 27.3. The highest BCUT2D eigenvalue weighted by molar-refractivity contribution is 7.95. The molecule has 0 radical (unpaired) electrons. The number of carbonyl (C=O) groups is 4. The van der Waals surface area contributed by atoms with Crippen LogP contribution >= 0.6 is 23.2 Å². The standard InChI is InChI=1S/C12H12Cl2N2O9S/c13-7(14)4-26(22,23)5-8(17)15-6-3-24-16(10(6)19)12(11(20)21)2-1-9(18)25-12/h4,6H,1-3,5H2,(H,15,17)(H,20,21)/t6-,12?/m0/s1. The van der Waals surface area contributed by atoms with E-state index in [1.165, 1.54) is 0 Å². The molecule has 2 heterocycles. The Balaban J connectivity index is 2.07. The summed E-state index contributed by atoms with van der Waals surface area (Å²) in [6.45, 7) is -0.469. The lowest BCUT2D eigenvalue weighted by molar-refractivity contribution is -0.256. The van der Waals surface area contributed by atoms with Gasteiger partial charge in [0.2, 0.25) is 5.91 Å². The first kappa shape index (κ1) is 20.4. The summed E-state index contributed by atoms with van der Waals surface area (Å²) >= 11 is 10.5. The van der Waals surface area contributed by atoms with Crippen molar-refractivity contribution in [3.63, 3.8) is 0 Å². The highest BCUT2D eigenvalue weighted by atomic mass is 35.5. The van der Waals surface area contributed by atoms with Crippen LogP contribution in [-0.4, -0.2) is 66.5 Å². The lowest BCUT2D eigenvalue weighted by Gasteiger charge is -2.30. The number of hydrogen-bond donors (Lipinski definition) is 2. The molecule has 1 unspecified atom stereocenters. The molecule has 2 atom stereocenters. The number of halogens is 2. The molecular formula is C12H12Cl2N2O9S. The molecule has 2 amide bonds. The fourth-order valence-electron chi connectivity index (χ4n) is 2.35. The number of hydrogen-bond acceptors (Lipinski definition) is 8. The van der Waals surface area contributed by atoms with Crippen LogP contribution < -0.4 is 5.32 Å². The first-order valence-electron chi connectivity index (χ1n) is 6.94. The van der Waals surface area contributed by atoms with Crippen molar-refractivity contribution in [3.05, 3.63) is 9.90 Å². The third-order valence-corrected chi connectivity index (χ3v) is 5.15. The van der Waals surface area contributed by atoms with E-state index in [9.17, 15) is 32.7 Å². The monoisotopic (exact) mass is 430 g/mol. The van der Waals surface area contributed by atoms with E-state index < -0.39 is 62.2 Å². The van der Waals surface area contributed by atoms with Crippen LogP contribution in [0.3, 0.4) is 0 Å². The number of rotatable bonds is 6. The van der Waals surface area contributed by atoms with Crippen molar-refractivity contribution >= 4 is 56.8 Å². The summed E-state index contributed by atoms with van der Waals surface area (Å²) in [7, 11) is -4.07. The van der Waals surface area contributed by atoms with Crippen molar-refractivity contribution in [2.75, 3.05) is 12.4 Å². The largest absolute Gasteiger partial charge is 0.477 e. The lowest BCUT2D eigenvalue weighted by Crippen LogP contribution is -2.56. The zero-order chi connectivity index (χ0) is 19.7. The van der Waals surface area contributed by atoms with E-state index in [4.69, 9.17) is 32.8 Å². The van der Waals surface area contributed by atoms with Gasteiger partial charge in [-0.1, -0.05) is 23.2 Å². The maximum Gasteiger partial charge on any atom is 0.372 e. The number of hydroxylamine groups is 2. The molecular weight excluding hydrogens is 419 g/mol. The Morgan fingerprint density at radius 2 is 2.04 bits per heavy atom. The Morgan fingerprint density at radius 1 is 1.38 bits per heavy atom. The maximum atomic E-state index is 12.3. The van der Waals surface area contributed by atoms with E-state index in [1.807, 2.05) is 0 Å². The van der Waals surface area contributed by atoms with Crippen LogP contribution in [0.5, 0.6) is 0 Å². The van der Waals surface area contributed by atoms with Gasteiger partial charge in [-0.3, -0.25) is 19.2 Å². The highest BCUT2D eigenvalue weighted by Crippen LogP contribution is 2.33. The molecule has 0 saturated carbocycles. The van der Waals surface area contributed by atoms with Gasteiger partial charge in [0, 0.05) is 6.42 Å². The van der Waals surface area contributed by atoms with Gasteiger partial charge in [-0.05, 0) is 0 Å². The van der Waals surface area contributed by atoms with Gasteiger partial charge in [0.25, 0.3) is 5.91 Å². The summed E-state index contributed by atoms with van der Waals surface area (Å²) in [5.74, 6) is -5.55. The molecule has 0 aromatic heterocycles. The molecule has 2 rings (SSSR count).